The SMILES string of the molecule is Cn1c(-c2ccc(F)cc2Cl)[c-]cc(I)c1=O.[Y]. The molecule has 0 spiro atoms. The summed E-state index contributed by atoms with van der Waals surface area (Å²) >= 11 is 7.89. The van der Waals surface area contributed by atoms with E-state index in [9.17, 15) is 9.18 Å². The molecule has 0 bridgehead atoms. The Labute approximate surface area is 148 Å². The summed E-state index contributed by atoms with van der Waals surface area (Å²) in [6.07, 6.45) is 0. The van der Waals surface area contributed by atoms with E-state index >= 15 is 0 Å². The van der Waals surface area contributed by atoms with Crippen LogP contribution in [0.3, 0.4) is 0 Å². The molecule has 6 heteroatoms. The fourth-order valence-corrected chi connectivity index (χ4v) is 2.27. The third kappa shape index (κ3) is 3.21. The van der Waals surface area contributed by atoms with Gasteiger partial charge in [0.2, 0.25) is 5.56 Å². The molecule has 2 nitrogen and oxygen atoms in total. The van der Waals surface area contributed by atoms with Gasteiger partial charge in [0.1, 0.15) is 5.82 Å². The van der Waals surface area contributed by atoms with E-state index in [1.807, 2.05) is 22.6 Å². The number of pyridine rings is 1. The van der Waals surface area contributed by atoms with Gasteiger partial charge in [-0.15, -0.1) is 28.7 Å². The van der Waals surface area contributed by atoms with E-state index < -0.39 is 5.82 Å². The molecular weight excluding hydrogens is 444 g/mol. The topological polar surface area (TPSA) is 22.0 Å². The Morgan fingerprint density at radius 2 is 2.11 bits per heavy atom. The first-order valence-electron chi connectivity index (χ1n) is 4.73. The molecule has 0 fully saturated rings. The predicted molar refractivity (Wildman–Crippen MR) is 73.6 cm³/mol. The Balaban J connectivity index is 0.00000162. The Bertz CT molecular complexity index is 644. The van der Waals surface area contributed by atoms with Crippen LogP contribution >= 0.6 is 34.2 Å². The maximum atomic E-state index is 12.9. The summed E-state index contributed by atoms with van der Waals surface area (Å²) in [5.41, 5.74) is 1.00. The first-order valence-corrected chi connectivity index (χ1v) is 6.19. The molecule has 0 aliphatic carbocycles. The minimum Gasteiger partial charge on any atom is -0.344 e. The average Bonchev–Trinajstić information content (AvgIpc) is 2.28. The molecule has 0 atom stereocenters. The van der Waals surface area contributed by atoms with Gasteiger partial charge in [0.25, 0.3) is 0 Å². The van der Waals surface area contributed by atoms with Gasteiger partial charge >= 0.3 is 0 Å². The first-order chi connectivity index (χ1) is 8.00. The number of hydrogen-bond donors (Lipinski definition) is 0. The second-order valence-electron chi connectivity index (χ2n) is 3.47. The molecule has 0 aliphatic rings. The van der Waals surface area contributed by atoms with Crippen molar-refractivity contribution in [3.05, 3.63) is 55.1 Å². The van der Waals surface area contributed by atoms with Gasteiger partial charge in [-0.3, -0.25) is 4.79 Å². The number of benzene rings is 1. The second-order valence-corrected chi connectivity index (χ2v) is 5.04. The smallest absolute Gasteiger partial charge is 0.207 e. The Morgan fingerprint density at radius 3 is 2.72 bits per heavy atom. The molecule has 2 aromatic rings. The van der Waals surface area contributed by atoms with Crippen molar-refractivity contribution in [2.45, 2.75) is 0 Å². The van der Waals surface area contributed by atoms with Crippen molar-refractivity contribution in [2.24, 2.45) is 7.05 Å². The van der Waals surface area contributed by atoms with Crippen molar-refractivity contribution < 1.29 is 37.1 Å². The Hall–Kier alpha value is 0.224. The molecule has 1 aromatic carbocycles. The van der Waals surface area contributed by atoms with E-state index in [-0.39, 0.29) is 43.3 Å². The van der Waals surface area contributed by atoms with E-state index in [1.165, 1.54) is 22.8 Å². The maximum Gasteiger partial charge on any atom is 0.207 e. The first kappa shape index (κ1) is 16.3. The van der Waals surface area contributed by atoms with Crippen LogP contribution in [0.4, 0.5) is 4.39 Å². The van der Waals surface area contributed by atoms with Crippen molar-refractivity contribution in [2.75, 3.05) is 0 Å². The number of halogens is 3. The van der Waals surface area contributed by atoms with E-state index in [0.717, 1.165) is 0 Å². The van der Waals surface area contributed by atoms with Crippen LogP contribution in [0.15, 0.2) is 29.1 Å². The minimum atomic E-state index is -0.408. The molecule has 18 heavy (non-hydrogen) atoms. The van der Waals surface area contributed by atoms with Gasteiger partial charge in [-0.25, -0.2) is 4.39 Å². The van der Waals surface area contributed by atoms with E-state index in [2.05, 4.69) is 6.07 Å². The third-order valence-corrected chi connectivity index (χ3v) is 3.45. The van der Waals surface area contributed by atoms with Crippen LogP contribution in [0.5, 0.6) is 0 Å². The van der Waals surface area contributed by atoms with Gasteiger partial charge in [0, 0.05) is 39.8 Å². The van der Waals surface area contributed by atoms with E-state index in [4.69, 9.17) is 11.6 Å². The predicted octanol–water partition coefficient (Wildman–Crippen LogP) is 3.25. The fraction of sp³-hybridized carbons (Fsp3) is 0.0833. The van der Waals surface area contributed by atoms with Crippen molar-refractivity contribution >= 4 is 34.2 Å². The summed E-state index contributed by atoms with van der Waals surface area (Å²) in [5.74, 6) is -0.408. The zero-order valence-electron chi connectivity index (χ0n) is 9.38. The molecule has 0 unspecified atom stereocenters. The molecular formula is C12H7ClFINOY-. The zero-order valence-corrected chi connectivity index (χ0v) is 15.1. The van der Waals surface area contributed by atoms with Crippen molar-refractivity contribution in [3.63, 3.8) is 0 Å². The summed E-state index contributed by atoms with van der Waals surface area (Å²) in [4.78, 5) is 11.8. The molecule has 91 valence electrons. The summed E-state index contributed by atoms with van der Waals surface area (Å²) in [6.45, 7) is 0. The van der Waals surface area contributed by atoms with Crippen molar-refractivity contribution in [3.8, 4) is 11.3 Å². The molecule has 0 saturated heterocycles. The summed E-state index contributed by atoms with van der Waals surface area (Å²) < 4.78 is 15.0. The van der Waals surface area contributed by atoms with Gasteiger partial charge in [-0.2, -0.15) is 12.1 Å². The van der Waals surface area contributed by atoms with E-state index in [1.54, 1.807) is 13.1 Å². The van der Waals surface area contributed by atoms with E-state index in [0.29, 0.717) is 14.8 Å². The molecule has 0 saturated carbocycles. The van der Waals surface area contributed by atoms with Crippen LogP contribution in [-0.2, 0) is 39.8 Å². The molecule has 1 aromatic heterocycles. The van der Waals surface area contributed by atoms with Gasteiger partial charge in [0.15, 0.2) is 0 Å². The zero-order chi connectivity index (χ0) is 12.6. The summed E-state index contributed by atoms with van der Waals surface area (Å²) in [7, 11) is 1.63. The van der Waals surface area contributed by atoms with Gasteiger partial charge < -0.3 is 4.57 Å². The van der Waals surface area contributed by atoms with Crippen LogP contribution in [0, 0.1) is 15.5 Å². The molecule has 2 rings (SSSR count). The standard InChI is InChI=1S/C12H7ClFINO.Y/c1-16-11(5-4-10(15)12(16)17)8-3-2-7(14)6-9(8)13;/h2-4,6H,1H3;/q-1;. The van der Waals surface area contributed by atoms with Gasteiger partial charge in [0.05, 0.1) is 0 Å². The van der Waals surface area contributed by atoms with Gasteiger partial charge in [-0.1, -0.05) is 22.9 Å². The monoisotopic (exact) mass is 451 g/mol. The maximum absolute atomic E-state index is 12.9. The van der Waals surface area contributed by atoms with Crippen LogP contribution in [0.25, 0.3) is 11.3 Å². The third-order valence-electron chi connectivity index (χ3n) is 2.37. The normalized spacial score (nSPS) is 10.0. The molecule has 0 aliphatic heterocycles. The number of nitrogens with zero attached hydrogens (tertiary/aromatic N) is 1. The average molecular weight is 451 g/mol. The van der Waals surface area contributed by atoms with Crippen molar-refractivity contribution in [1.82, 2.24) is 4.57 Å². The fourth-order valence-electron chi connectivity index (χ4n) is 1.49. The quantitative estimate of drug-likeness (QED) is 0.482. The second kappa shape index (κ2) is 6.59. The molecule has 0 N–H and O–H groups in total. The largest absolute Gasteiger partial charge is 0.344 e. The molecule has 0 amide bonds. The Kier molecular flexibility index (Phi) is 5.96. The van der Waals surface area contributed by atoms with Crippen LogP contribution in [0.1, 0.15) is 0 Å². The molecule has 1 radical (unpaired) electrons. The summed E-state index contributed by atoms with van der Waals surface area (Å²) in [6, 6.07) is 8.62. The summed E-state index contributed by atoms with van der Waals surface area (Å²) in [5, 5.41) is 0.262. The van der Waals surface area contributed by atoms with Crippen LogP contribution in [0.2, 0.25) is 5.02 Å². The molecule has 1 heterocycles. The van der Waals surface area contributed by atoms with Crippen LogP contribution in [-0.4, -0.2) is 4.57 Å². The number of rotatable bonds is 1. The number of hydrogen-bond acceptors (Lipinski definition) is 1. The minimum absolute atomic E-state index is 0. The Morgan fingerprint density at radius 1 is 1.44 bits per heavy atom. The van der Waals surface area contributed by atoms with Gasteiger partial charge in [-0.05, 0) is 20.7 Å². The number of aromatic nitrogens is 1. The van der Waals surface area contributed by atoms with Crippen molar-refractivity contribution in [1.29, 1.82) is 0 Å². The van der Waals surface area contributed by atoms with Crippen LogP contribution < -0.4 is 5.56 Å².